The first kappa shape index (κ1) is 19.3. The quantitative estimate of drug-likeness (QED) is 0.556. The highest BCUT2D eigenvalue weighted by molar-refractivity contribution is 5.86. The lowest BCUT2D eigenvalue weighted by Crippen LogP contribution is -2.48. The number of pyridine rings is 1. The van der Waals surface area contributed by atoms with Gasteiger partial charge < -0.3 is 16.4 Å². The Labute approximate surface area is 163 Å². The first-order valence-electron chi connectivity index (χ1n) is 9.29. The van der Waals surface area contributed by atoms with Gasteiger partial charge in [0.2, 0.25) is 5.91 Å². The van der Waals surface area contributed by atoms with Gasteiger partial charge in [-0.25, -0.2) is 14.8 Å². The first-order valence-corrected chi connectivity index (χ1v) is 9.29. The van der Waals surface area contributed by atoms with Crippen molar-refractivity contribution in [2.45, 2.75) is 38.8 Å². The molecule has 4 N–H and O–H groups in total. The Hall–Kier alpha value is -3.42. The third-order valence-corrected chi connectivity index (χ3v) is 4.46. The van der Waals surface area contributed by atoms with E-state index in [1.807, 2.05) is 47.9 Å². The molecule has 0 aliphatic heterocycles. The second-order valence-electron chi connectivity index (χ2n) is 6.55. The zero-order valence-corrected chi connectivity index (χ0v) is 15.8. The van der Waals surface area contributed by atoms with Gasteiger partial charge in [0, 0.05) is 12.7 Å². The Bertz CT molecular complexity index is 951. The van der Waals surface area contributed by atoms with E-state index in [4.69, 9.17) is 5.73 Å². The lowest BCUT2D eigenvalue weighted by Gasteiger charge is -2.17. The lowest BCUT2D eigenvalue weighted by molar-refractivity contribution is -0.123. The average molecular weight is 380 g/mol. The van der Waals surface area contributed by atoms with Crippen LogP contribution in [0, 0.1) is 0 Å². The molecule has 8 nitrogen and oxygen atoms in total. The molecular weight excluding hydrogens is 356 g/mol. The van der Waals surface area contributed by atoms with E-state index < -0.39 is 12.1 Å². The number of nitrogens with two attached hydrogens (primary N) is 1. The van der Waals surface area contributed by atoms with Gasteiger partial charge >= 0.3 is 6.03 Å². The van der Waals surface area contributed by atoms with Crippen LogP contribution in [0.4, 0.5) is 4.79 Å². The fraction of sp³-hybridized carbons (Fsp3) is 0.300. The highest BCUT2D eigenvalue weighted by Gasteiger charge is 2.18. The fourth-order valence-corrected chi connectivity index (χ4v) is 2.97. The minimum atomic E-state index is -0.699. The number of hydrogen-bond donors (Lipinski definition) is 3. The Morgan fingerprint density at radius 1 is 1.18 bits per heavy atom. The first-order chi connectivity index (χ1) is 13.6. The molecule has 0 radical (unpaired) electrons. The van der Waals surface area contributed by atoms with Gasteiger partial charge in [-0.2, -0.15) is 0 Å². The summed E-state index contributed by atoms with van der Waals surface area (Å²) in [5, 5.41) is 5.33. The molecule has 146 valence electrons. The predicted molar refractivity (Wildman–Crippen MR) is 107 cm³/mol. The maximum atomic E-state index is 12.3. The lowest BCUT2D eigenvalue weighted by atomic mass is 10.1. The second kappa shape index (κ2) is 8.98. The van der Waals surface area contributed by atoms with Crippen molar-refractivity contribution in [3.8, 4) is 5.82 Å². The molecule has 0 bridgehead atoms. The summed E-state index contributed by atoms with van der Waals surface area (Å²) in [5.41, 5.74) is 7.90. The Balaban J connectivity index is 1.64. The van der Waals surface area contributed by atoms with E-state index in [1.165, 1.54) is 0 Å². The van der Waals surface area contributed by atoms with E-state index in [9.17, 15) is 9.59 Å². The molecule has 28 heavy (non-hydrogen) atoms. The normalized spacial score (nSPS) is 11.9. The van der Waals surface area contributed by atoms with Gasteiger partial charge in [-0.1, -0.05) is 38.0 Å². The van der Waals surface area contributed by atoms with E-state index in [2.05, 4.69) is 20.6 Å². The minimum absolute atomic E-state index is 0.253. The molecule has 1 atom stereocenters. The third kappa shape index (κ3) is 4.64. The van der Waals surface area contributed by atoms with Gasteiger partial charge in [-0.05, 0) is 30.2 Å². The van der Waals surface area contributed by atoms with Crippen molar-refractivity contribution >= 4 is 23.0 Å². The number of rotatable bonds is 8. The van der Waals surface area contributed by atoms with E-state index in [-0.39, 0.29) is 5.91 Å². The second-order valence-corrected chi connectivity index (χ2v) is 6.55. The number of benzene rings is 1. The molecule has 2 aromatic heterocycles. The largest absolute Gasteiger partial charge is 0.352 e. The number of carbonyl (C=O) groups excluding carboxylic acids is 2. The molecule has 8 heteroatoms. The Morgan fingerprint density at radius 2 is 2.00 bits per heavy atom. The molecule has 0 aliphatic rings. The minimum Gasteiger partial charge on any atom is -0.352 e. The summed E-state index contributed by atoms with van der Waals surface area (Å²) in [6.45, 7) is 2.34. The molecule has 3 amide bonds. The number of unbranched alkanes of at least 4 members (excludes halogenated alkanes) is 1. The number of nitrogens with one attached hydrogen (secondary N) is 2. The van der Waals surface area contributed by atoms with Crippen LogP contribution in [0.15, 0.2) is 48.9 Å². The third-order valence-electron chi connectivity index (χ3n) is 4.46. The van der Waals surface area contributed by atoms with Crippen LogP contribution in [-0.2, 0) is 11.3 Å². The van der Waals surface area contributed by atoms with Crippen LogP contribution in [0.5, 0.6) is 0 Å². The van der Waals surface area contributed by atoms with Crippen molar-refractivity contribution in [2.75, 3.05) is 0 Å². The summed E-state index contributed by atoms with van der Waals surface area (Å²) in [7, 11) is 0. The Morgan fingerprint density at radius 3 is 2.71 bits per heavy atom. The molecule has 1 unspecified atom stereocenters. The summed E-state index contributed by atoms with van der Waals surface area (Å²) in [4.78, 5) is 32.3. The highest BCUT2D eigenvalue weighted by atomic mass is 16.2. The van der Waals surface area contributed by atoms with Gasteiger partial charge in [0.1, 0.15) is 18.2 Å². The Kier molecular flexibility index (Phi) is 6.21. The molecule has 3 aromatic rings. The van der Waals surface area contributed by atoms with Crippen LogP contribution in [0.1, 0.15) is 31.7 Å². The number of hydrogen-bond acceptors (Lipinski definition) is 4. The van der Waals surface area contributed by atoms with E-state index in [0.717, 1.165) is 35.3 Å². The maximum absolute atomic E-state index is 12.3. The van der Waals surface area contributed by atoms with Gasteiger partial charge in [0.15, 0.2) is 0 Å². The standard InChI is InChI=1S/C20H24N6O2/c1-2-3-6-16(25-20(21)28)19(27)23-12-14-9-10-18(22-11-14)26-13-24-15-7-4-5-8-17(15)26/h4-5,7-11,13,16H,2-3,6,12H2,1H3,(H,23,27)(H3,21,25,28). The molecule has 0 saturated heterocycles. The number of primary amides is 1. The monoisotopic (exact) mass is 380 g/mol. The van der Waals surface area contributed by atoms with Crippen molar-refractivity contribution in [1.82, 2.24) is 25.2 Å². The number of imidazole rings is 1. The topological polar surface area (TPSA) is 115 Å². The van der Waals surface area contributed by atoms with Crippen molar-refractivity contribution in [3.05, 3.63) is 54.5 Å². The van der Waals surface area contributed by atoms with Crippen molar-refractivity contribution in [2.24, 2.45) is 5.73 Å². The molecule has 0 spiro atoms. The van der Waals surface area contributed by atoms with Crippen LogP contribution in [-0.4, -0.2) is 32.5 Å². The number of urea groups is 1. The molecular formula is C20H24N6O2. The smallest absolute Gasteiger partial charge is 0.312 e. The van der Waals surface area contributed by atoms with Gasteiger partial charge in [0.25, 0.3) is 0 Å². The summed E-state index contributed by atoms with van der Waals surface area (Å²) >= 11 is 0. The summed E-state index contributed by atoms with van der Waals surface area (Å²) in [6.07, 6.45) is 5.76. The zero-order chi connectivity index (χ0) is 19.9. The van der Waals surface area contributed by atoms with Crippen LogP contribution in [0.3, 0.4) is 0 Å². The molecule has 1 aromatic carbocycles. The highest BCUT2D eigenvalue weighted by Crippen LogP contribution is 2.16. The number of carbonyl (C=O) groups is 2. The number of nitrogens with zero attached hydrogens (tertiary/aromatic N) is 3. The average Bonchev–Trinajstić information content (AvgIpc) is 3.13. The molecule has 0 saturated carbocycles. The van der Waals surface area contributed by atoms with Crippen molar-refractivity contribution in [1.29, 1.82) is 0 Å². The molecule has 2 heterocycles. The van der Waals surface area contributed by atoms with Crippen molar-refractivity contribution < 1.29 is 9.59 Å². The summed E-state index contributed by atoms with van der Waals surface area (Å²) < 4.78 is 1.91. The molecule has 0 aliphatic carbocycles. The number of para-hydroxylation sites is 2. The van der Waals surface area contributed by atoms with E-state index in [0.29, 0.717) is 13.0 Å². The molecule has 0 fully saturated rings. The van der Waals surface area contributed by atoms with Crippen molar-refractivity contribution in [3.63, 3.8) is 0 Å². The van der Waals surface area contributed by atoms with E-state index >= 15 is 0 Å². The number of aromatic nitrogens is 3. The van der Waals surface area contributed by atoms with Gasteiger partial charge in [-0.15, -0.1) is 0 Å². The van der Waals surface area contributed by atoms with E-state index in [1.54, 1.807) is 12.5 Å². The van der Waals surface area contributed by atoms with Crippen LogP contribution < -0.4 is 16.4 Å². The van der Waals surface area contributed by atoms with Crippen LogP contribution >= 0.6 is 0 Å². The maximum Gasteiger partial charge on any atom is 0.312 e. The van der Waals surface area contributed by atoms with Gasteiger partial charge in [0.05, 0.1) is 11.0 Å². The predicted octanol–water partition coefficient (Wildman–Crippen LogP) is 2.26. The van der Waals surface area contributed by atoms with Crippen LogP contribution in [0.2, 0.25) is 0 Å². The summed E-state index contributed by atoms with van der Waals surface area (Å²) in [6, 6.07) is 10.3. The number of amides is 3. The summed E-state index contributed by atoms with van der Waals surface area (Å²) in [5.74, 6) is 0.497. The fourth-order valence-electron chi connectivity index (χ4n) is 2.97. The zero-order valence-electron chi connectivity index (χ0n) is 15.8. The van der Waals surface area contributed by atoms with Crippen LogP contribution in [0.25, 0.3) is 16.9 Å². The SMILES string of the molecule is CCCCC(NC(N)=O)C(=O)NCc1ccc(-n2cnc3ccccc32)nc1. The number of fused-ring (bicyclic) bond motifs is 1. The molecule has 3 rings (SSSR count). The van der Waals surface area contributed by atoms with Gasteiger partial charge in [-0.3, -0.25) is 9.36 Å².